The third-order valence-electron chi connectivity index (χ3n) is 5.81. The smallest absolute Gasteiger partial charge is 0.297 e. The summed E-state index contributed by atoms with van der Waals surface area (Å²) in [5.74, 6) is -0.245. The van der Waals surface area contributed by atoms with Gasteiger partial charge in [-0.05, 0) is 55.0 Å². The molecule has 0 unspecified atom stereocenters. The minimum absolute atomic E-state index is 0.0130. The number of anilines is 1. The summed E-state index contributed by atoms with van der Waals surface area (Å²) in [5, 5.41) is 0.750. The fourth-order valence-electron chi connectivity index (χ4n) is 4.36. The number of nitrogens with zero attached hydrogens (tertiary/aromatic N) is 2. The van der Waals surface area contributed by atoms with Crippen molar-refractivity contribution in [3.8, 4) is 5.75 Å². The first-order chi connectivity index (χ1) is 16.5. The molecule has 1 amide bonds. The van der Waals surface area contributed by atoms with E-state index in [1.54, 1.807) is 30.3 Å². The second-order valence-electron chi connectivity index (χ2n) is 7.86. The Labute approximate surface area is 196 Å². The first-order valence-corrected chi connectivity index (χ1v) is 11.5. The van der Waals surface area contributed by atoms with E-state index in [9.17, 15) is 14.0 Å². The first kappa shape index (κ1) is 20.6. The van der Waals surface area contributed by atoms with E-state index in [2.05, 4.69) is 4.98 Å². The molecule has 0 N–H and O–H groups in total. The predicted molar refractivity (Wildman–Crippen MR) is 128 cm³/mol. The Bertz CT molecular complexity index is 1660. The molecule has 1 aliphatic heterocycles. The van der Waals surface area contributed by atoms with E-state index in [1.165, 1.54) is 28.4 Å². The van der Waals surface area contributed by atoms with Gasteiger partial charge in [0.2, 0.25) is 5.76 Å². The lowest BCUT2D eigenvalue weighted by molar-refractivity contribution is 0.0971. The van der Waals surface area contributed by atoms with Crippen molar-refractivity contribution in [3.05, 3.63) is 99.7 Å². The monoisotopic (exact) mass is 472 g/mol. The van der Waals surface area contributed by atoms with Crippen LogP contribution >= 0.6 is 11.3 Å². The number of hydrogen-bond acceptors (Lipinski definition) is 6. The molecule has 1 atom stereocenters. The predicted octanol–water partition coefficient (Wildman–Crippen LogP) is 5.69. The molecule has 8 heteroatoms. The van der Waals surface area contributed by atoms with Gasteiger partial charge in [0.25, 0.3) is 5.91 Å². The van der Waals surface area contributed by atoms with Crippen LogP contribution in [-0.2, 0) is 0 Å². The van der Waals surface area contributed by atoms with E-state index in [-0.39, 0.29) is 22.6 Å². The summed E-state index contributed by atoms with van der Waals surface area (Å²) in [6.45, 7) is 2.36. The molecule has 0 aliphatic carbocycles. The van der Waals surface area contributed by atoms with Crippen molar-refractivity contribution in [2.45, 2.75) is 13.0 Å². The van der Waals surface area contributed by atoms with Crippen molar-refractivity contribution >= 4 is 43.6 Å². The third-order valence-corrected chi connectivity index (χ3v) is 6.83. The number of rotatable bonds is 4. The second kappa shape index (κ2) is 7.78. The third kappa shape index (κ3) is 3.10. The maximum Gasteiger partial charge on any atom is 0.297 e. The maximum atomic E-state index is 13.8. The number of aromatic nitrogens is 1. The van der Waals surface area contributed by atoms with Gasteiger partial charge in [0.15, 0.2) is 10.6 Å². The standard InChI is InChI=1S/C26H17FN2O4S/c1-2-32-16-7-5-6-14(12-16)22-21-23(30)17-8-3-4-9-19(17)33-24(21)25(31)29(22)26-28-18-11-10-15(27)13-20(18)34-26/h3-13,22H,2H2,1H3/t22-/m1/s1. The number of amides is 1. The number of fused-ring (bicyclic) bond motifs is 3. The number of benzene rings is 3. The highest BCUT2D eigenvalue weighted by atomic mass is 32.1. The highest BCUT2D eigenvalue weighted by Crippen LogP contribution is 2.44. The number of carbonyl (C=O) groups is 1. The van der Waals surface area contributed by atoms with Gasteiger partial charge in [-0.25, -0.2) is 9.37 Å². The van der Waals surface area contributed by atoms with Crippen molar-refractivity contribution in [2.24, 2.45) is 0 Å². The van der Waals surface area contributed by atoms with Gasteiger partial charge in [-0.3, -0.25) is 14.5 Å². The van der Waals surface area contributed by atoms with E-state index in [1.807, 2.05) is 31.2 Å². The molecule has 0 fully saturated rings. The van der Waals surface area contributed by atoms with Crippen LogP contribution in [0.3, 0.4) is 0 Å². The van der Waals surface area contributed by atoms with Crippen LogP contribution in [-0.4, -0.2) is 17.5 Å². The minimum Gasteiger partial charge on any atom is -0.494 e. The average molecular weight is 472 g/mol. The molecule has 34 heavy (non-hydrogen) atoms. The summed E-state index contributed by atoms with van der Waals surface area (Å²) in [6, 6.07) is 17.6. The fraction of sp³-hybridized carbons (Fsp3) is 0.115. The normalized spacial score (nSPS) is 15.3. The molecule has 0 spiro atoms. The van der Waals surface area contributed by atoms with Crippen LogP contribution < -0.4 is 15.1 Å². The molecule has 1 aliphatic rings. The molecule has 0 radical (unpaired) electrons. The maximum absolute atomic E-state index is 13.8. The number of carbonyl (C=O) groups excluding carboxylic acids is 1. The lowest BCUT2D eigenvalue weighted by Crippen LogP contribution is -2.29. The van der Waals surface area contributed by atoms with E-state index in [0.29, 0.717) is 44.2 Å². The topological polar surface area (TPSA) is 72.6 Å². The second-order valence-corrected chi connectivity index (χ2v) is 8.87. The largest absolute Gasteiger partial charge is 0.494 e. The highest BCUT2D eigenvalue weighted by Gasteiger charge is 2.45. The van der Waals surface area contributed by atoms with E-state index in [4.69, 9.17) is 9.15 Å². The zero-order chi connectivity index (χ0) is 23.4. The molecular formula is C26H17FN2O4S. The summed E-state index contributed by atoms with van der Waals surface area (Å²) in [7, 11) is 0. The molecule has 2 aromatic heterocycles. The Morgan fingerprint density at radius 3 is 2.79 bits per heavy atom. The van der Waals surface area contributed by atoms with Gasteiger partial charge in [0, 0.05) is 0 Å². The van der Waals surface area contributed by atoms with Gasteiger partial charge in [-0.2, -0.15) is 0 Å². The summed E-state index contributed by atoms with van der Waals surface area (Å²) in [5.41, 5.74) is 1.58. The van der Waals surface area contributed by atoms with Crippen molar-refractivity contribution in [3.63, 3.8) is 0 Å². The molecule has 5 aromatic rings. The van der Waals surface area contributed by atoms with Gasteiger partial charge < -0.3 is 9.15 Å². The molecule has 3 aromatic carbocycles. The van der Waals surface area contributed by atoms with Crippen molar-refractivity contribution in [1.82, 2.24) is 4.98 Å². The van der Waals surface area contributed by atoms with E-state index < -0.39 is 11.9 Å². The van der Waals surface area contributed by atoms with Gasteiger partial charge in [0.05, 0.1) is 33.8 Å². The molecule has 0 bridgehead atoms. The van der Waals surface area contributed by atoms with Crippen LogP contribution in [0.1, 0.15) is 34.6 Å². The molecule has 3 heterocycles. The summed E-state index contributed by atoms with van der Waals surface area (Å²) < 4.78 is 26.0. The number of hydrogen-bond donors (Lipinski definition) is 0. The number of ether oxygens (including phenoxy) is 1. The van der Waals surface area contributed by atoms with Gasteiger partial charge >= 0.3 is 0 Å². The van der Waals surface area contributed by atoms with Crippen LogP contribution in [0.5, 0.6) is 5.75 Å². The summed E-state index contributed by atoms with van der Waals surface area (Å²) >= 11 is 1.19. The number of halogens is 1. The number of para-hydroxylation sites is 1. The van der Waals surface area contributed by atoms with E-state index >= 15 is 0 Å². The average Bonchev–Trinajstić information content (AvgIpc) is 3.38. The zero-order valence-corrected chi connectivity index (χ0v) is 18.8. The van der Waals surface area contributed by atoms with Gasteiger partial charge in [-0.1, -0.05) is 35.6 Å². The fourth-order valence-corrected chi connectivity index (χ4v) is 5.38. The molecule has 168 valence electrons. The zero-order valence-electron chi connectivity index (χ0n) is 17.9. The molecule has 6 rings (SSSR count). The highest BCUT2D eigenvalue weighted by molar-refractivity contribution is 7.22. The molecule has 0 saturated carbocycles. The SMILES string of the molecule is CCOc1cccc([C@@H]2c3c(oc4ccccc4c3=O)C(=O)N2c2nc3ccc(F)cc3s2)c1. The molecule has 6 nitrogen and oxygen atoms in total. The molecular weight excluding hydrogens is 455 g/mol. The van der Waals surface area contributed by atoms with Crippen molar-refractivity contribution in [1.29, 1.82) is 0 Å². The summed E-state index contributed by atoms with van der Waals surface area (Å²) in [6.07, 6.45) is 0. The van der Waals surface area contributed by atoms with Crippen LogP contribution in [0.4, 0.5) is 9.52 Å². The lowest BCUT2D eigenvalue weighted by Gasteiger charge is -2.23. The molecule has 0 saturated heterocycles. The number of thiazole rings is 1. The lowest BCUT2D eigenvalue weighted by atomic mass is 9.98. The van der Waals surface area contributed by atoms with Crippen LogP contribution in [0.2, 0.25) is 0 Å². The quantitative estimate of drug-likeness (QED) is 0.336. The van der Waals surface area contributed by atoms with E-state index in [0.717, 1.165) is 0 Å². The van der Waals surface area contributed by atoms with Crippen molar-refractivity contribution < 1.29 is 18.3 Å². The summed E-state index contributed by atoms with van der Waals surface area (Å²) in [4.78, 5) is 33.3. The Morgan fingerprint density at radius 1 is 1.09 bits per heavy atom. The van der Waals surface area contributed by atoms with Crippen molar-refractivity contribution in [2.75, 3.05) is 11.5 Å². The first-order valence-electron chi connectivity index (χ1n) is 10.7. The Hall–Kier alpha value is -4.04. The van der Waals surface area contributed by atoms with Crippen LogP contribution in [0.25, 0.3) is 21.2 Å². The Morgan fingerprint density at radius 2 is 1.94 bits per heavy atom. The van der Waals surface area contributed by atoms with Crippen LogP contribution in [0.15, 0.2) is 75.9 Å². The Balaban J connectivity index is 1.62. The van der Waals surface area contributed by atoms with Crippen LogP contribution in [0, 0.1) is 5.82 Å². The Kier molecular flexibility index (Phi) is 4.70. The van der Waals surface area contributed by atoms with Gasteiger partial charge in [-0.15, -0.1) is 0 Å². The minimum atomic E-state index is -0.769. The van der Waals surface area contributed by atoms with Gasteiger partial charge in [0.1, 0.15) is 17.1 Å².